The van der Waals surface area contributed by atoms with Crippen molar-refractivity contribution in [2.45, 2.75) is 19.5 Å². The van der Waals surface area contributed by atoms with Gasteiger partial charge in [-0.25, -0.2) is 9.18 Å². The third-order valence-electron chi connectivity index (χ3n) is 3.86. The number of aromatic nitrogens is 3. The molecule has 1 amide bonds. The van der Waals surface area contributed by atoms with Crippen molar-refractivity contribution in [2.75, 3.05) is 13.1 Å². The van der Waals surface area contributed by atoms with E-state index in [2.05, 4.69) is 5.10 Å². The molecule has 7 nitrogen and oxygen atoms in total. The van der Waals surface area contributed by atoms with Crippen LogP contribution in [0.3, 0.4) is 0 Å². The van der Waals surface area contributed by atoms with Crippen molar-refractivity contribution in [3.05, 3.63) is 50.9 Å². The smallest absolute Gasteiger partial charge is 0.336 e. The Morgan fingerprint density at radius 1 is 1.38 bits per heavy atom. The molecule has 0 atom stereocenters. The predicted molar refractivity (Wildman–Crippen MR) is 83.1 cm³/mol. The lowest BCUT2D eigenvalue weighted by atomic mass is 10.2. The van der Waals surface area contributed by atoms with Crippen LogP contribution in [0.25, 0.3) is 0 Å². The molecular formula is C15H13ClFN5O2. The summed E-state index contributed by atoms with van der Waals surface area (Å²) >= 11 is 5.98. The second-order valence-electron chi connectivity index (χ2n) is 5.33. The van der Waals surface area contributed by atoms with Gasteiger partial charge in [-0.3, -0.25) is 9.36 Å². The normalized spacial score (nSPS) is 14.0. The Kier molecular flexibility index (Phi) is 4.36. The number of hydrogen-bond acceptors (Lipinski definition) is 4. The van der Waals surface area contributed by atoms with Crippen molar-refractivity contribution >= 4 is 17.5 Å². The fraction of sp³-hybridized carbons (Fsp3) is 0.333. The second-order valence-corrected chi connectivity index (χ2v) is 5.74. The number of fused-ring (bicyclic) bond motifs is 1. The van der Waals surface area contributed by atoms with Crippen LogP contribution < -0.4 is 5.69 Å². The SMILES string of the molecule is N#CCn1nc2n(c1=O)CCN(C(=O)c1cc(F)ccc1Cl)CC2. The molecule has 1 aromatic carbocycles. The predicted octanol–water partition coefficient (Wildman–Crippen LogP) is 1.06. The van der Waals surface area contributed by atoms with E-state index >= 15 is 0 Å². The molecule has 0 saturated carbocycles. The molecule has 2 aromatic rings. The van der Waals surface area contributed by atoms with E-state index in [4.69, 9.17) is 16.9 Å². The number of hydrogen-bond donors (Lipinski definition) is 0. The number of amides is 1. The van der Waals surface area contributed by atoms with Crippen LogP contribution in [0.15, 0.2) is 23.0 Å². The molecule has 1 aromatic heterocycles. The fourth-order valence-electron chi connectivity index (χ4n) is 2.67. The van der Waals surface area contributed by atoms with Crippen LogP contribution in [0.5, 0.6) is 0 Å². The minimum atomic E-state index is -0.537. The summed E-state index contributed by atoms with van der Waals surface area (Å²) in [7, 11) is 0. The van der Waals surface area contributed by atoms with Gasteiger partial charge in [0, 0.05) is 26.1 Å². The van der Waals surface area contributed by atoms with Gasteiger partial charge >= 0.3 is 5.69 Å². The molecular weight excluding hydrogens is 337 g/mol. The molecule has 0 fully saturated rings. The van der Waals surface area contributed by atoms with Crippen molar-refractivity contribution in [1.82, 2.24) is 19.2 Å². The van der Waals surface area contributed by atoms with Gasteiger partial charge in [-0.2, -0.15) is 15.0 Å². The van der Waals surface area contributed by atoms with Crippen LogP contribution in [0.1, 0.15) is 16.2 Å². The third-order valence-corrected chi connectivity index (χ3v) is 4.19. The van der Waals surface area contributed by atoms with E-state index in [1.54, 1.807) is 0 Å². The van der Waals surface area contributed by atoms with Gasteiger partial charge < -0.3 is 4.90 Å². The van der Waals surface area contributed by atoms with Gasteiger partial charge in [0.05, 0.1) is 16.7 Å². The van der Waals surface area contributed by atoms with E-state index in [-0.39, 0.29) is 41.8 Å². The van der Waals surface area contributed by atoms with E-state index < -0.39 is 5.82 Å². The van der Waals surface area contributed by atoms with E-state index in [1.807, 2.05) is 6.07 Å². The Balaban J connectivity index is 1.82. The Bertz CT molecular complexity index is 898. The highest BCUT2D eigenvalue weighted by molar-refractivity contribution is 6.33. The van der Waals surface area contributed by atoms with Crippen LogP contribution in [0.2, 0.25) is 5.02 Å². The van der Waals surface area contributed by atoms with Crippen molar-refractivity contribution < 1.29 is 9.18 Å². The lowest BCUT2D eigenvalue weighted by Gasteiger charge is -2.20. The number of nitriles is 1. The number of carbonyl (C=O) groups is 1. The Hall–Kier alpha value is -2.66. The highest BCUT2D eigenvalue weighted by Crippen LogP contribution is 2.20. The largest absolute Gasteiger partial charge is 0.346 e. The number of rotatable bonds is 2. The monoisotopic (exact) mass is 349 g/mol. The second kappa shape index (κ2) is 6.45. The van der Waals surface area contributed by atoms with Gasteiger partial charge in [0.25, 0.3) is 5.91 Å². The van der Waals surface area contributed by atoms with Gasteiger partial charge in [-0.1, -0.05) is 11.6 Å². The molecule has 24 heavy (non-hydrogen) atoms. The van der Waals surface area contributed by atoms with E-state index in [9.17, 15) is 14.0 Å². The Morgan fingerprint density at radius 3 is 2.92 bits per heavy atom. The summed E-state index contributed by atoms with van der Waals surface area (Å²) in [6.07, 6.45) is 0.367. The van der Waals surface area contributed by atoms with E-state index in [0.29, 0.717) is 18.8 Å². The zero-order valence-corrected chi connectivity index (χ0v) is 13.3. The van der Waals surface area contributed by atoms with E-state index in [1.165, 1.54) is 21.6 Å². The van der Waals surface area contributed by atoms with Crippen LogP contribution in [-0.2, 0) is 19.5 Å². The van der Waals surface area contributed by atoms with Crippen LogP contribution in [-0.4, -0.2) is 38.2 Å². The molecule has 1 aliphatic heterocycles. The molecule has 0 N–H and O–H groups in total. The van der Waals surface area contributed by atoms with Crippen molar-refractivity contribution in [3.8, 4) is 6.07 Å². The first-order valence-corrected chi connectivity index (χ1v) is 7.67. The summed E-state index contributed by atoms with van der Waals surface area (Å²) in [4.78, 5) is 26.2. The number of carbonyl (C=O) groups excluding carboxylic acids is 1. The summed E-state index contributed by atoms with van der Waals surface area (Å²) in [5, 5.41) is 13.0. The van der Waals surface area contributed by atoms with Gasteiger partial charge in [0.2, 0.25) is 0 Å². The number of halogens is 2. The van der Waals surface area contributed by atoms with Crippen molar-refractivity contribution in [2.24, 2.45) is 0 Å². The van der Waals surface area contributed by atoms with Crippen molar-refractivity contribution in [1.29, 1.82) is 5.26 Å². The van der Waals surface area contributed by atoms with Crippen LogP contribution in [0.4, 0.5) is 4.39 Å². The number of benzene rings is 1. The van der Waals surface area contributed by atoms with Gasteiger partial charge in [-0.05, 0) is 18.2 Å². The average Bonchev–Trinajstić information content (AvgIpc) is 2.74. The third kappa shape index (κ3) is 2.90. The molecule has 0 bridgehead atoms. The van der Waals surface area contributed by atoms with Crippen molar-refractivity contribution in [3.63, 3.8) is 0 Å². The highest BCUT2D eigenvalue weighted by atomic mass is 35.5. The molecule has 3 rings (SSSR count). The fourth-order valence-corrected chi connectivity index (χ4v) is 2.87. The minimum Gasteiger partial charge on any atom is -0.336 e. The zero-order valence-electron chi connectivity index (χ0n) is 12.6. The average molecular weight is 350 g/mol. The summed E-state index contributed by atoms with van der Waals surface area (Å²) < 4.78 is 15.9. The summed E-state index contributed by atoms with van der Waals surface area (Å²) in [5.41, 5.74) is -0.275. The summed E-state index contributed by atoms with van der Waals surface area (Å²) in [6.45, 7) is 0.754. The van der Waals surface area contributed by atoms with Gasteiger partial charge in [0.15, 0.2) is 0 Å². The summed E-state index contributed by atoms with van der Waals surface area (Å²) in [5.74, 6) is -0.400. The van der Waals surface area contributed by atoms with E-state index in [0.717, 1.165) is 10.7 Å². The molecule has 0 radical (unpaired) electrons. The van der Waals surface area contributed by atoms with Crippen LogP contribution >= 0.6 is 11.6 Å². The zero-order chi connectivity index (χ0) is 17.3. The van der Waals surface area contributed by atoms with Gasteiger partial charge in [-0.15, -0.1) is 0 Å². The lowest BCUT2D eigenvalue weighted by Crippen LogP contribution is -2.35. The topological polar surface area (TPSA) is 83.9 Å². The maximum Gasteiger partial charge on any atom is 0.346 e. The quantitative estimate of drug-likeness (QED) is 0.811. The molecule has 1 aliphatic rings. The van der Waals surface area contributed by atoms with Gasteiger partial charge in [0.1, 0.15) is 18.2 Å². The molecule has 9 heteroatoms. The molecule has 0 saturated heterocycles. The molecule has 124 valence electrons. The maximum atomic E-state index is 13.4. The lowest BCUT2D eigenvalue weighted by molar-refractivity contribution is 0.0758. The standard InChI is InChI=1S/C15H13ClFN5O2/c16-12-2-1-10(17)9-11(12)14(23)20-5-3-13-19-22(6-4-18)15(24)21(13)8-7-20/h1-2,9H,3,5-8H2. The number of nitrogens with zero attached hydrogens (tertiary/aromatic N) is 5. The molecule has 0 spiro atoms. The first-order chi connectivity index (χ1) is 11.5. The Morgan fingerprint density at radius 2 is 2.17 bits per heavy atom. The molecule has 2 heterocycles. The molecule has 0 aliphatic carbocycles. The molecule has 0 unspecified atom stereocenters. The highest BCUT2D eigenvalue weighted by Gasteiger charge is 2.24. The van der Waals surface area contributed by atoms with Crippen LogP contribution in [0, 0.1) is 17.1 Å². The Labute approximate surface area is 141 Å². The first kappa shape index (κ1) is 16.2. The summed E-state index contributed by atoms with van der Waals surface area (Å²) in [6, 6.07) is 5.52. The minimum absolute atomic E-state index is 0.0955. The first-order valence-electron chi connectivity index (χ1n) is 7.29. The maximum absolute atomic E-state index is 13.4.